The number of rotatable bonds is 6. The quantitative estimate of drug-likeness (QED) is 0.769. The Kier molecular flexibility index (Phi) is 4.65. The highest BCUT2D eigenvalue weighted by Gasteiger charge is 2.29. The molecule has 0 bridgehead atoms. The summed E-state index contributed by atoms with van der Waals surface area (Å²) in [5.41, 5.74) is 3.77. The smallest absolute Gasteiger partial charge is 0.325 e. The van der Waals surface area contributed by atoms with Crippen LogP contribution in [-0.2, 0) is 16.1 Å². The van der Waals surface area contributed by atoms with Crippen LogP contribution in [0.1, 0.15) is 30.4 Å². The van der Waals surface area contributed by atoms with E-state index in [0.717, 1.165) is 19.5 Å². The molecule has 2 heterocycles. The second-order valence-corrected chi connectivity index (χ2v) is 6.03. The van der Waals surface area contributed by atoms with Crippen molar-refractivity contribution >= 4 is 11.7 Å². The number of nitrogens with zero attached hydrogens (tertiary/aromatic N) is 3. The van der Waals surface area contributed by atoms with E-state index in [1.54, 1.807) is 6.20 Å². The molecule has 1 aliphatic rings. The minimum Gasteiger partial charge on any atom is -0.465 e. The van der Waals surface area contributed by atoms with Crippen LogP contribution in [0, 0.1) is 6.92 Å². The van der Waals surface area contributed by atoms with Crippen molar-refractivity contribution in [3.8, 4) is 0 Å². The van der Waals surface area contributed by atoms with Gasteiger partial charge in [0, 0.05) is 37.1 Å². The molecule has 3 rings (SSSR count). The van der Waals surface area contributed by atoms with E-state index in [1.165, 1.54) is 16.8 Å². The monoisotopic (exact) mass is 313 g/mol. The number of hydrogen-bond acceptors (Lipinski definition) is 4. The molecule has 1 unspecified atom stereocenters. The largest absolute Gasteiger partial charge is 0.465 e. The van der Waals surface area contributed by atoms with Crippen LogP contribution in [0.3, 0.4) is 0 Å². The third kappa shape index (κ3) is 3.55. The highest BCUT2D eigenvalue weighted by Crippen LogP contribution is 2.38. The van der Waals surface area contributed by atoms with Crippen molar-refractivity contribution < 1.29 is 9.53 Å². The number of aryl methyl sites for hydroxylation is 2. The zero-order valence-electron chi connectivity index (χ0n) is 13.7. The molecule has 23 heavy (non-hydrogen) atoms. The average molecular weight is 313 g/mol. The fourth-order valence-electron chi connectivity index (χ4n) is 3.23. The summed E-state index contributed by atoms with van der Waals surface area (Å²) in [5.74, 6) is 0.274. The number of carbonyl (C=O) groups excluding carboxylic acids is 1. The van der Waals surface area contributed by atoms with Gasteiger partial charge in [-0.2, -0.15) is 0 Å². The van der Waals surface area contributed by atoms with Gasteiger partial charge in [0.15, 0.2) is 0 Å². The van der Waals surface area contributed by atoms with Gasteiger partial charge in [-0.1, -0.05) is 17.7 Å². The number of anilines is 1. The van der Waals surface area contributed by atoms with Crippen molar-refractivity contribution in [1.29, 1.82) is 0 Å². The van der Waals surface area contributed by atoms with Crippen LogP contribution in [0.4, 0.5) is 5.69 Å². The fourth-order valence-corrected chi connectivity index (χ4v) is 3.23. The summed E-state index contributed by atoms with van der Waals surface area (Å²) in [5, 5.41) is 0. The lowest BCUT2D eigenvalue weighted by Crippen LogP contribution is -2.30. The first-order valence-electron chi connectivity index (χ1n) is 8.14. The van der Waals surface area contributed by atoms with Crippen LogP contribution >= 0.6 is 0 Å². The zero-order valence-corrected chi connectivity index (χ0v) is 13.7. The van der Waals surface area contributed by atoms with Crippen LogP contribution in [0.5, 0.6) is 0 Å². The normalized spacial score (nSPS) is 16.4. The Bertz CT molecular complexity index is 667. The number of fused-ring (bicyclic) bond motifs is 1. The van der Waals surface area contributed by atoms with Gasteiger partial charge in [0.1, 0.15) is 6.54 Å². The molecule has 0 fully saturated rings. The minimum absolute atomic E-state index is 0.158. The van der Waals surface area contributed by atoms with Crippen molar-refractivity contribution in [1.82, 2.24) is 9.55 Å². The lowest BCUT2D eigenvalue weighted by atomic mass is 9.96. The van der Waals surface area contributed by atoms with E-state index >= 15 is 0 Å². The first-order chi connectivity index (χ1) is 11.2. The standard InChI is InChI=1S/C18H23N3O2/c1-3-23-18(22)12-21-11-15(6-8-20-9-7-19-13-20)16-10-14(2)4-5-17(16)21/h4-5,7,9-10,13,15H,3,6,8,11-12H2,1-2H3. The lowest BCUT2D eigenvalue weighted by molar-refractivity contribution is -0.141. The Labute approximate surface area is 136 Å². The van der Waals surface area contributed by atoms with Crippen LogP contribution < -0.4 is 4.90 Å². The van der Waals surface area contributed by atoms with Gasteiger partial charge in [-0.15, -0.1) is 0 Å². The molecule has 5 nitrogen and oxygen atoms in total. The summed E-state index contributed by atoms with van der Waals surface area (Å²) in [6, 6.07) is 6.48. The molecule has 2 aromatic rings. The number of imidazole rings is 1. The molecule has 0 saturated heterocycles. The number of carbonyl (C=O) groups is 1. The Morgan fingerprint density at radius 2 is 2.30 bits per heavy atom. The van der Waals surface area contributed by atoms with Gasteiger partial charge >= 0.3 is 5.97 Å². The lowest BCUT2D eigenvalue weighted by Gasteiger charge is -2.18. The van der Waals surface area contributed by atoms with E-state index in [9.17, 15) is 4.79 Å². The van der Waals surface area contributed by atoms with Crippen molar-refractivity contribution in [3.05, 3.63) is 48.0 Å². The van der Waals surface area contributed by atoms with Gasteiger partial charge in [0.25, 0.3) is 0 Å². The molecule has 5 heteroatoms. The molecule has 1 aliphatic heterocycles. The van der Waals surface area contributed by atoms with Gasteiger partial charge < -0.3 is 14.2 Å². The summed E-state index contributed by atoms with van der Waals surface area (Å²) >= 11 is 0. The predicted molar refractivity (Wildman–Crippen MR) is 89.6 cm³/mol. The Morgan fingerprint density at radius 1 is 1.43 bits per heavy atom. The Hall–Kier alpha value is -2.30. The topological polar surface area (TPSA) is 47.4 Å². The second kappa shape index (κ2) is 6.86. The Morgan fingerprint density at radius 3 is 3.04 bits per heavy atom. The maximum atomic E-state index is 11.9. The summed E-state index contributed by atoms with van der Waals surface area (Å²) in [6.45, 7) is 6.51. The van der Waals surface area contributed by atoms with Gasteiger partial charge in [0.2, 0.25) is 0 Å². The van der Waals surface area contributed by atoms with Gasteiger partial charge in [0.05, 0.1) is 12.9 Å². The number of aromatic nitrogens is 2. The summed E-state index contributed by atoms with van der Waals surface area (Å²) < 4.78 is 7.20. The van der Waals surface area contributed by atoms with Gasteiger partial charge in [-0.25, -0.2) is 4.98 Å². The zero-order chi connectivity index (χ0) is 16.2. The van der Waals surface area contributed by atoms with E-state index in [1.807, 2.05) is 19.4 Å². The molecule has 122 valence electrons. The number of ether oxygens (including phenoxy) is 1. The van der Waals surface area contributed by atoms with E-state index in [0.29, 0.717) is 19.1 Å². The number of benzene rings is 1. The molecule has 0 spiro atoms. The average Bonchev–Trinajstić information content (AvgIpc) is 3.14. The first-order valence-corrected chi connectivity index (χ1v) is 8.14. The van der Waals surface area contributed by atoms with Crippen molar-refractivity contribution in [2.75, 3.05) is 24.6 Å². The van der Waals surface area contributed by atoms with Crippen molar-refractivity contribution in [2.24, 2.45) is 0 Å². The van der Waals surface area contributed by atoms with Crippen LogP contribution in [0.25, 0.3) is 0 Å². The molecular weight excluding hydrogens is 290 g/mol. The summed E-state index contributed by atoms with van der Waals surface area (Å²) in [7, 11) is 0. The molecule has 0 amide bonds. The minimum atomic E-state index is -0.158. The predicted octanol–water partition coefficient (Wildman–Crippen LogP) is 2.75. The molecular formula is C18H23N3O2. The molecule has 0 N–H and O–H groups in total. The maximum Gasteiger partial charge on any atom is 0.325 e. The first kappa shape index (κ1) is 15.6. The third-order valence-electron chi connectivity index (χ3n) is 4.32. The van der Waals surface area contributed by atoms with Crippen LogP contribution in [0.2, 0.25) is 0 Å². The van der Waals surface area contributed by atoms with E-state index < -0.39 is 0 Å². The molecule has 0 saturated carbocycles. The molecule has 0 radical (unpaired) electrons. The molecule has 0 aliphatic carbocycles. The SMILES string of the molecule is CCOC(=O)CN1CC(CCn2ccnc2)c2cc(C)ccc21. The second-order valence-electron chi connectivity index (χ2n) is 6.03. The molecule has 1 aromatic carbocycles. The van der Waals surface area contributed by atoms with Crippen LogP contribution in [-0.4, -0.2) is 35.2 Å². The molecule has 1 aromatic heterocycles. The number of esters is 1. The van der Waals surface area contributed by atoms with E-state index in [-0.39, 0.29) is 5.97 Å². The highest BCUT2D eigenvalue weighted by atomic mass is 16.5. The Balaban J connectivity index is 1.74. The highest BCUT2D eigenvalue weighted by molar-refractivity contribution is 5.77. The fraction of sp³-hybridized carbons (Fsp3) is 0.444. The van der Waals surface area contributed by atoms with Crippen LogP contribution in [0.15, 0.2) is 36.9 Å². The van der Waals surface area contributed by atoms with E-state index in [2.05, 4.69) is 39.6 Å². The van der Waals surface area contributed by atoms with Gasteiger partial charge in [-0.05, 0) is 31.9 Å². The number of hydrogen-bond donors (Lipinski definition) is 0. The summed E-state index contributed by atoms with van der Waals surface area (Å²) in [4.78, 5) is 18.1. The van der Waals surface area contributed by atoms with Crippen molar-refractivity contribution in [3.63, 3.8) is 0 Å². The van der Waals surface area contributed by atoms with E-state index in [4.69, 9.17) is 4.74 Å². The van der Waals surface area contributed by atoms with Gasteiger partial charge in [-0.3, -0.25) is 4.79 Å². The van der Waals surface area contributed by atoms with Crippen molar-refractivity contribution in [2.45, 2.75) is 32.7 Å². The third-order valence-corrected chi connectivity index (χ3v) is 4.32. The summed E-state index contributed by atoms with van der Waals surface area (Å²) in [6.07, 6.45) is 6.68. The molecule has 1 atom stereocenters. The maximum absolute atomic E-state index is 11.9.